The van der Waals surface area contributed by atoms with Crippen molar-refractivity contribution in [1.29, 1.82) is 0 Å². The van der Waals surface area contributed by atoms with Crippen molar-refractivity contribution in [3.05, 3.63) is 38.6 Å². The number of hydroxylamine groups is 1. The van der Waals surface area contributed by atoms with E-state index in [1.807, 2.05) is 13.8 Å². The highest BCUT2D eigenvalue weighted by Crippen LogP contribution is 2.36. The zero-order valence-corrected chi connectivity index (χ0v) is 19.4. The summed E-state index contributed by atoms with van der Waals surface area (Å²) in [5.74, 6) is -0.581. The Labute approximate surface area is 186 Å². The fourth-order valence-electron chi connectivity index (χ4n) is 3.89. The standard InChI is InChI=1S/C21H29N3O7S/c1-5-13(15-11-10-12(3)31-15)22-17-18(21(27)20(17)26)23-14-8-7-9-16(19(14)25)32(28,29)24(6-2)30-4/h7-9,12-13,15,22-23,25H,5-6,10-11H2,1-4H3/t12-,13-,15-/m1/s1. The molecule has 0 saturated carbocycles. The lowest BCUT2D eigenvalue weighted by Gasteiger charge is -2.26. The first-order valence-electron chi connectivity index (χ1n) is 10.6. The number of hydrogen-bond donors (Lipinski definition) is 3. The van der Waals surface area contributed by atoms with Crippen LogP contribution in [0.3, 0.4) is 0 Å². The summed E-state index contributed by atoms with van der Waals surface area (Å²) in [6, 6.07) is 3.89. The second kappa shape index (κ2) is 9.57. The highest BCUT2D eigenvalue weighted by atomic mass is 32.2. The SMILES string of the molecule is CC[C@@H](Nc1c(Nc2cccc(S(=O)(=O)N(CC)OC)c2O)c(=O)c1=O)[C@H]1CC[C@@H](C)O1. The van der Waals surface area contributed by atoms with Crippen molar-refractivity contribution in [2.24, 2.45) is 0 Å². The van der Waals surface area contributed by atoms with Crippen LogP contribution in [0.15, 0.2) is 32.7 Å². The van der Waals surface area contributed by atoms with E-state index >= 15 is 0 Å². The number of aromatic hydroxyl groups is 1. The molecule has 0 aliphatic carbocycles. The van der Waals surface area contributed by atoms with E-state index < -0.39 is 26.6 Å². The molecule has 3 N–H and O–H groups in total. The summed E-state index contributed by atoms with van der Waals surface area (Å²) in [4.78, 5) is 29.0. The molecule has 1 aliphatic rings. The van der Waals surface area contributed by atoms with Gasteiger partial charge in [-0.25, -0.2) is 8.42 Å². The molecule has 3 rings (SSSR count). The maximum atomic E-state index is 12.7. The molecule has 0 unspecified atom stereocenters. The molecule has 1 fully saturated rings. The van der Waals surface area contributed by atoms with Crippen LogP contribution < -0.4 is 21.5 Å². The second-order valence-electron chi connectivity index (χ2n) is 7.71. The van der Waals surface area contributed by atoms with Crippen molar-refractivity contribution in [2.45, 2.75) is 63.2 Å². The molecule has 0 amide bonds. The molecule has 0 aromatic heterocycles. The Morgan fingerprint density at radius 3 is 2.47 bits per heavy atom. The smallest absolute Gasteiger partial charge is 0.268 e. The Hall–Kier alpha value is -2.47. The van der Waals surface area contributed by atoms with Gasteiger partial charge in [0.2, 0.25) is 0 Å². The Morgan fingerprint density at radius 2 is 1.91 bits per heavy atom. The highest BCUT2D eigenvalue weighted by Gasteiger charge is 2.32. The first kappa shape index (κ1) is 24.2. The molecule has 3 atom stereocenters. The van der Waals surface area contributed by atoms with Crippen LogP contribution in [-0.2, 0) is 19.6 Å². The van der Waals surface area contributed by atoms with E-state index in [9.17, 15) is 23.1 Å². The Bertz CT molecular complexity index is 1140. The molecule has 1 heterocycles. The fraction of sp³-hybridized carbons (Fsp3) is 0.524. The van der Waals surface area contributed by atoms with Gasteiger partial charge in [-0.2, -0.15) is 0 Å². The van der Waals surface area contributed by atoms with Crippen LogP contribution in [0, 0.1) is 0 Å². The number of para-hydroxylation sites is 1. The number of anilines is 3. The van der Waals surface area contributed by atoms with Gasteiger partial charge in [0.1, 0.15) is 16.3 Å². The Kier molecular flexibility index (Phi) is 7.23. The average molecular weight is 468 g/mol. The minimum absolute atomic E-state index is 0.0211. The quantitative estimate of drug-likeness (QED) is 0.273. The van der Waals surface area contributed by atoms with E-state index in [0.717, 1.165) is 17.3 Å². The van der Waals surface area contributed by atoms with Crippen molar-refractivity contribution in [1.82, 2.24) is 4.47 Å². The zero-order chi connectivity index (χ0) is 23.6. The summed E-state index contributed by atoms with van der Waals surface area (Å²) in [7, 11) is -2.93. The Morgan fingerprint density at radius 1 is 1.22 bits per heavy atom. The van der Waals surface area contributed by atoms with Crippen LogP contribution in [0.5, 0.6) is 5.75 Å². The summed E-state index contributed by atoms with van der Waals surface area (Å²) >= 11 is 0. The van der Waals surface area contributed by atoms with Crippen molar-refractivity contribution >= 4 is 27.1 Å². The summed E-state index contributed by atoms with van der Waals surface area (Å²) in [6.45, 7) is 5.56. The number of hydrogen-bond acceptors (Lipinski definition) is 9. The van der Waals surface area contributed by atoms with E-state index in [4.69, 9.17) is 9.57 Å². The van der Waals surface area contributed by atoms with Crippen LogP contribution in [0.2, 0.25) is 0 Å². The van der Waals surface area contributed by atoms with Gasteiger partial charge in [0.05, 0.1) is 31.0 Å². The van der Waals surface area contributed by atoms with Crippen LogP contribution in [0.25, 0.3) is 0 Å². The molecule has 10 nitrogen and oxygen atoms in total. The molecular weight excluding hydrogens is 438 g/mol. The molecule has 2 aromatic rings. The number of nitrogens with one attached hydrogen (secondary N) is 2. The largest absolute Gasteiger partial charge is 0.504 e. The lowest BCUT2D eigenvalue weighted by atomic mass is 10.0. The van der Waals surface area contributed by atoms with Gasteiger partial charge in [0.25, 0.3) is 20.9 Å². The second-order valence-corrected chi connectivity index (χ2v) is 9.51. The van der Waals surface area contributed by atoms with Crippen molar-refractivity contribution < 1.29 is 23.1 Å². The van der Waals surface area contributed by atoms with Crippen molar-refractivity contribution in [2.75, 3.05) is 24.3 Å². The third-order valence-electron chi connectivity index (χ3n) is 5.66. The van der Waals surface area contributed by atoms with Crippen LogP contribution in [0.1, 0.15) is 40.0 Å². The first-order chi connectivity index (χ1) is 15.1. The average Bonchev–Trinajstić information content (AvgIpc) is 3.20. The van der Waals surface area contributed by atoms with Gasteiger partial charge in [0, 0.05) is 6.54 Å². The lowest BCUT2D eigenvalue weighted by molar-refractivity contribution is -0.0443. The zero-order valence-electron chi connectivity index (χ0n) is 18.5. The number of phenols is 1. The number of nitrogens with zero attached hydrogens (tertiary/aromatic N) is 1. The number of ether oxygens (including phenoxy) is 1. The molecule has 0 radical (unpaired) electrons. The first-order valence-corrected chi connectivity index (χ1v) is 12.0. The van der Waals surface area contributed by atoms with E-state index in [1.165, 1.54) is 25.3 Å². The van der Waals surface area contributed by atoms with Crippen LogP contribution >= 0.6 is 0 Å². The predicted molar refractivity (Wildman–Crippen MR) is 121 cm³/mol. The summed E-state index contributed by atoms with van der Waals surface area (Å²) in [6.07, 6.45) is 2.50. The maximum absolute atomic E-state index is 12.7. The summed E-state index contributed by atoms with van der Waals surface area (Å²) in [5.41, 5.74) is -1.36. The van der Waals surface area contributed by atoms with E-state index in [-0.39, 0.29) is 46.8 Å². The number of benzene rings is 1. The summed E-state index contributed by atoms with van der Waals surface area (Å²) < 4.78 is 32.1. The van der Waals surface area contributed by atoms with Gasteiger partial charge in [-0.05, 0) is 45.2 Å². The van der Waals surface area contributed by atoms with Gasteiger partial charge in [-0.3, -0.25) is 14.4 Å². The van der Waals surface area contributed by atoms with E-state index in [2.05, 4.69) is 10.6 Å². The maximum Gasteiger partial charge on any atom is 0.268 e. The topological polar surface area (TPSA) is 134 Å². The summed E-state index contributed by atoms with van der Waals surface area (Å²) in [5, 5.41) is 16.5. The number of rotatable bonds is 10. The van der Waals surface area contributed by atoms with Crippen molar-refractivity contribution in [3.8, 4) is 5.75 Å². The molecule has 2 aromatic carbocycles. The Balaban J connectivity index is 1.89. The minimum atomic E-state index is -4.13. The number of phenolic OH excluding ortho intramolecular Hbond substituents is 1. The molecule has 1 saturated heterocycles. The van der Waals surface area contributed by atoms with E-state index in [1.54, 1.807) is 6.92 Å². The van der Waals surface area contributed by atoms with Gasteiger partial charge in [-0.1, -0.05) is 17.5 Å². The molecule has 0 bridgehead atoms. The third kappa shape index (κ3) is 4.38. The van der Waals surface area contributed by atoms with Gasteiger partial charge in [-0.15, -0.1) is 0 Å². The lowest BCUT2D eigenvalue weighted by Crippen LogP contribution is -2.42. The number of sulfonamides is 1. The van der Waals surface area contributed by atoms with E-state index in [0.29, 0.717) is 6.42 Å². The monoisotopic (exact) mass is 467 g/mol. The molecule has 176 valence electrons. The van der Waals surface area contributed by atoms with Gasteiger partial charge in [0.15, 0.2) is 5.75 Å². The van der Waals surface area contributed by atoms with Crippen LogP contribution in [0.4, 0.5) is 17.1 Å². The predicted octanol–water partition coefficient (Wildman–Crippen LogP) is 2.06. The molecule has 32 heavy (non-hydrogen) atoms. The normalized spacial score (nSPS) is 20.0. The molecule has 11 heteroatoms. The van der Waals surface area contributed by atoms with Crippen molar-refractivity contribution in [3.63, 3.8) is 0 Å². The third-order valence-corrected chi connectivity index (χ3v) is 7.49. The molecule has 0 spiro atoms. The van der Waals surface area contributed by atoms with Crippen LogP contribution in [-0.4, -0.2) is 49.9 Å². The van der Waals surface area contributed by atoms with Gasteiger partial charge < -0.3 is 20.5 Å². The fourth-order valence-corrected chi connectivity index (χ4v) is 5.25. The molecular formula is C21H29N3O7S. The van der Waals surface area contributed by atoms with Gasteiger partial charge >= 0.3 is 0 Å². The highest BCUT2D eigenvalue weighted by molar-refractivity contribution is 7.89. The minimum Gasteiger partial charge on any atom is -0.504 e. The molecule has 1 aliphatic heterocycles.